The minimum absolute atomic E-state index is 0.227. The molecule has 0 radical (unpaired) electrons. The van der Waals surface area contributed by atoms with Crippen molar-refractivity contribution in [3.63, 3.8) is 0 Å². The van der Waals surface area contributed by atoms with Gasteiger partial charge in [-0.15, -0.1) is 0 Å². The number of hydrogen-bond donors (Lipinski definition) is 1. The van der Waals surface area contributed by atoms with Crippen LogP contribution in [0.25, 0.3) is 0 Å². The Balaban J connectivity index is 2.05. The number of nitrogens with one attached hydrogen (secondary N) is 1. The van der Waals surface area contributed by atoms with Crippen LogP contribution in [0.1, 0.15) is 12.5 Å². The third-order valence-corrected chi connectivity index (χ3v) is 4.34. The van der Waals surface area contributed by atoms with Crippen molar-refractivity contribution in [1.82, 2.24) is 5.32 Å². The van der Waals surface area contributed by atoms with Gasteiger partial charge < -0.3 is 24.3 Å². The maximum absolute atomic E-state index is 12.4. The second-order valence-corrected chi connectivity index (χ2v) is 6.42. The molecular weight excluding hydrogens is 393 g/mol. The third-order valence-electron chi connectivity index (χ3n) is 3.81. The average Bonchev–Trinajstić information content (AvgIpc) is 2.67. The lowest BCUT2D eigenvalue weighted by Crippen LogP contribution is -2.36. The van der Waals surface area contributed by atoms with E-state index in [0.29, 0.717) is 33.0 Å². The largest absolute Gasteiger partial charge is 0.496 e. The Labute approximate surface area is 168 Å². The lowest BCUT2D eigenvalue weighted by atomic mass is 10.1. The van der Waals surface area contributed by atoms with Gasteiger partial charge in [-0.3, -0.25) is 4.79 Å². The molecule has 0 aliphatic rings. The molecule has 0 aliphatic carbocycles. The van der Waals surface area contributed by atoms with Crippen LogP contribution in [-0.4, -0.2) is 33.3 Å². The van der Waals surface area contributed by atoms with Crippen LogP contribution in [0.4, 0.5) is 0 Å². The van der Waals surface area contributed by atoms with E-state index in [0.717, 1.165) is 5.56 Å². The molecule has 27 heavy (non-hydrogen) atoms. The molecule has 146 valence electrons. The summed E-state index contributed by atoms with van der Waals surface area (Å²) in [5, 5.41) is 3.63. The summed E-state index contributed by atoms with van der Waals surface area (Å²) in [7, 11) is 4.62. The number of ether oxygens (including phenoxy) is 4. The number of methoxy groups -OCH3 is 3. The molecule has 1 atom stereocenters. The predicted molar refractivity (Wildman–Crippen MR) is 104 cm³/mol. The number of amides is 1. The van der Waals surface area contributed by atoms with Crippen molar-refractivity contribution in [1.29, 1.82) is 0 Å². The lowest BCUT2D eigenvalue weighted by Gasteiger charge is -2.17. The first kappa shape index (κ1) is 21.0. The molecule has 1 amide bonds. The highest BCUT2D eigenvalue weighted by Gasteiger charge is 2.18. The smallest absolute Gasteiger partial charge is 0.261 e. The molecule has 8 heteroatoms. The van der Waals surface area contributed by atoms with Gasteiger partial charge in [0.2, 0.25) is 0 Å². The van der Waals surface area contributed by atoms with Crippen molar-refractivity contribution in [2.24, 2.45) is 0 Å². The van der Waals surface area contributed by atoms with E-state index in [1.54, 1.807) is 58.6 Å². The first-order chi connectivity index (χ1) is 12.9. The number of rotatable bonds is 8. The van der Waals surface area contributed by atoms with E-state index >= 15 is 0 Å². The van der Waals surface area contributed by atoms with Crippen LogP contribution in [0.15, 0.2) is 30.3 Å². The molecule has 0 aromatic heterocycles. The molecule has 0 spiro atoms. The fourth-order valence-electron chi connectivity index (χ4n) is 2.37. The van der Waals surface area contributed by atoms with E-state index in [4.69, 9.17) is 42.1 Å². The topological polar surface area (TPSA) is 66.0 Å². The number of halogens is 2. The highest BCUT2D eigenvalue weighted by Crippen LogP contribution is 2.34. The van der Waals surface area contributed by atoms with Crippen molar-refractivity contribution >= 4 is 29.1 Å². The average molecular weight is 414 g/mol. The fraction of sp³-hybridized carbons (Fsp3) is 0.316. The van der Waals surface area contributed by atoms with E-state index in [1.807, 2.05) is 0 Å². The van der Waals surface area contributed by atoms with Crippen LogP contribution in [0.5, 0.6) is 23.0 Å². The van der Waals surface area contributed by atoms with E-state index < -0.39 is 6.10 Å². The highest BCUT2D eigenvalue weighted by molar-refractivity contribution is 6.35. The molecule has 2 rings (SSSR count). The zero-order chi connectivity index (χ0) is 20.0. The van der Waals surface area contributed by atoms with Crippen molar-refractivity contribution in [3.05, 3.63) is 45.9 Å². The molecule has 0 bridgehead atoms. The van der Waals surface area contributed by atoms with Gasteiger partial charge in [0.1, 0.15) is 11.5 Å². The predicted octanol–water partition coefficient (Wildman–Crippen LogP) is 4.10. The van der Waals surface area contributed by atoms with Gasteiger partial charge >= 0.3 is 0 Å². The van der Waals surface area contributed by atoms with Crippen LogP contribution in [-0.2, 0) is 11.3 Å². The van der Waals surface area contributed by atoms with Crippen LogP contribution >= 0.6 is 23.2 Å². The quantitative estimate of drug-likeness (QED) is 0.705. The second kappa shape index (κ2) is 9.58. The van der Waals surface area contributed by atoms with E-state index in [-0.39, 0.29) is 12.5 Å². The third kappa shape index (κ3) is 5.34. The molecule has 0 saturated carbocycles. The van der Waals surface area contributed by atoms with Crippen LogP contribution in [0, 0.1) is 0 Å². The first-order valence-electron chi connectivity index (χ1n) is 8.07. The van der Waals surface area contributed by atoms with Crippen LogP contribution in [0.3, 0.4) is 0 Å². The van der Waals surface area contributed by atoms with Crippen molar-refractivity contribution in [3.8, 4) is 23.0 Å². The standard InChI is InChI=1S/C19H21Cl2NO5/c1-11(27-15-6-5-13(20)8-14(15)21)19(23)22-10-12-7-17(25-3)18(26-4)9-16(12)24-2/h5-9,11H,10H2,1-4H3,(H,22,23). The summed E-state index contributed by atoms with van der Waals surface area (Å²) < 4.78 is 21.5. The van der Waals surface area contributed by atoms with Gasteiger partial charge in [0.15, 0.2) is 17.6 Å². The summed E-state index contributed by atoms with van der Waals surface area (Å²) in [5.74, 6) is 1.73. The summed E-state index contributed by atoms with van der Waals surface area (Å²) in [6.07, 6.45) is -0.755. The Morgan fingerprint density at radius 1 is 0.963 bits per heavy atom. The second-order valence-electron chi connectivity index (χ2n) is 5.57. The monoisotopic (exact) mass is 413 g/mol. The van der Waals surface area contributed by atoms with Gasteiger partial charge in [-0.1, -0.05) is 23.2 Å². The molecule has 0 fully saturated rings. The summed E-state index contributed by atoms with van der Waals surface area (Å²) in [6, 6.07) is 8.26. The zero-order valence-corrected chi connectivity index (χ0v) is 17.0. The summed E-state index contributed by atoms with van der Waals surface area (Å²) in [4.78, 5) is 12.4. The number of benzene rings is 2. The Hall–Kier alpha value is -2.31. The molecule has 2 aromatic carbocycles. The minimum Gasteiger partial charge on any atom is -0.496 e. The van der Waals surface area contributed by atoms with Gasteiger partial charge in [0.25, 0.3) is 5.91 Å². The minimum atomic E-state index is -0.755. The van der Waals surface area contributed by atoms with Gasteiger partial charge in [0, 0.05) is 23.2 Å². The Morgan fingerprint density at radius 2 is 1.59 bits per heavy atom. The number of carbonyl (C=O) groups excluding carboxylic acids is 1. The number of hydrogen-bond acceptors (Lipinski definition) is 5. The Morgan fingerprint density at radius 3 is 2.19 bits per heavy atom. The molecule has 0 heterocycles. The maximum Gasteiger partial charge on any atom is 0.261 e. The van der Waals surface area contributed by atoms with Gasteiger partial charge in [-0.25, -0.2) is 0 Å². The van der Waals surface area contributed by atoms with Crippen LogP contribution in [0.2, 0.25) is 10.0 Å². The molecule has 1 N–H and O–H groups in total. The summed E-state index contributed by atoms with van der Waals surface area (Å²) >= 11 is 11.9. The SMILES string of the molecule is COc1cc(OC)c(OC)cc1CNC(=O)C(C)Oc1ccc(Cl)cc1Cl. The normalized spacial score (nSPS) is 11.5. The summed E-state index contributed by atoms with van der Waals surface area (Å²) in [5.41, 5.74) is 0.736. The van der Waals surface area contributed by atoms with Crippen molar-refractivity contribution < 1.29 is 23.7 Å². The van der Waals surface area contributed by atoms with Gasteiger partial charge in [-0.2, -0.15) is 0 Å². The molecule has 6 nitrogen and oxygen atoms in total. The maximum atomic E-state index is 12.4. The lowest BCUT2D eigenvalue weighted by molar-refractivity contribution is -0.127. The highest BCUT2D eigenvalue weighted by atomic mass is 35.5. The molecule has 2 aromatic rings. The fourth-order valence-corrected chi connectivity index (χ4v) is 2.82. The first-order valence-corrected chi connectivity index (χ1v) is 8.83. The Kier molecular flexibility index (Phi) is 7.45. The van der Waals surface area contributed by atoms with E-state index in [9.17, 15) is 4.79 Å². The van der Waals surface area contributed by atoms with Crippen molar-refractivity contribution in [2.45, 2.75) is 19.6 Å². The van der Waals surface area contributed by atoms with E-state index in [2.05, 4.69) is 5.32 Å². The van der Waals surface area contributed by atoms with Gasteiger partial charge in [0.05, 0.1) is 26.4 Å². The molecule has 0 aliphatic heterocycles. The van der Waals surface area contributed by atoms with Crippen LogP contribution < -0.4 is 24.3 Å². The molecule has 0 saturated heterocycles. The van der Waals surface area contributed by atoms with Crippen molar-refractivity contribution in [2.75, 3.05) is 21.3 Å². The summed E-state index contributed by atoms with van der Waals surface area (Å²) in [6.45, 7) is 1.86. The van der Waals surface area contributed by atoms with Gasteiger partial charge in [-0.05, 0) is 31.2 Å². The molecular formula is C19H21Cl2NO5. The Bertz CT molecular complexity index is 813. The zero-order valence-electron chi connectivity index (χ0n) is 15.5. The van der Waals surface area contributed by atoms with E-state index in [1.165, 1.54) is 0 Å². The number of carbonyl (C=O) groups is 1. The molecule has 1 unspecified atom stereocenters.